The van der Waals surface area contributed by atoms with Gasteiger partial charge in [0, 0.05) is 22.3 Å². The van der Waals surface area contributed by atoms with Crippen molar-refractivity contribution in [3.63, 3.8) is 0 Å². The van der Waals surface area contributed by atoms with Crippen LogP contribution in [0.25, 0.3) is 16.9 Å². The molecular weight excluding hydrogens is 1150 g/mol. The summed E-state index contributed by atoms with van der Waals surface area (Å²) < 4.78 is 1.58. The summed E-state index contributed by atoms with van der Waals surface area (Å²) in [7, 11) is -1.24. The predicted molar refractivity (Wildman–Crippen MR) is 407 cm³/mol. The summed E-state index contributed by atoms with van der Waals surface area (Å²) in [5.74, 6) is 0. The second kappa shape index (κ2) is 62.1. The number of hydrogen-bond donors (Lipinski definition) is 0. The Morgan fingerprint density at radius 3 is 0.922 bits per heavy atom. The molecular formula is C86H156N2NiSi. The standard InChI is InChI=1S/C40H62N2Si.2C23H47.Ni/c1-7-13-16-17-18-20-22-33-23-21-24-36(31-33)40-37(25-15-9-3)38(26-19-14-8-2)39(42(40)41)35-29-27-34(28-30-35)32-43(10-4,11-5)12-6;2*1-3-5-7-9-11-13-15-17-19-21-23-22-20-18-16-14-12-10-8-6-4-2;/h21,23-24,27-31H,7-20,22,25-26,32H2,1-6H3;2*1,3-23H2,2H3;. The van der Waals surface area contributed by atoms with E-state index in [0.717, 1.165) is 49.1 Å². The fraction of sp³-hybridized carbons (Fsp3) is 0.814. The second-order valence-electron chi connectivity index (χ2n) is 28.8. The molecule has 0 radical (unpaired) electrons. The molecule has 1 aliphatic rings. The van der Waals surface area contributed by atoms with E-state index in [1.165, 1.54) is 390 Å². The molecule has 2 nitrogen and oxygen atoms in total. The van der Waals surface area contributed by atoms with Gasteiger partial charge in [0.1, 0.15) is 0 Å². The minimum Gasteiger partial charge on any atom is -0.493 e. The molecule has 3 rings (SSSR count). The number of unbranched alkanes of at least 4 members (excludes halogenated alkanes) is 48. The number of nitrogens with zero attached hydrogens (tertiary/aromatic N) is 2. The molecule has 90 heavy (non-hydrogen) atoms. The van der Waals surface area contributed by atoms with Crippen LogP contribution in [0.3, 0.4) is 0 Å². The van der Waals surface area contributed by atoms with Crippen LogP contribution in [0.1, 0.15) is 431 Å². The normalized spacial score (nSPS) is 12.8. The Balaban J connectivity index is 0.000000615. The van der Waals surface area contributed by atoms with Crippen molar-refractivity contribution in [2.24, 2.45) is 0 Å². The minimum atomic E-state index is -1.24. The summed E-state index contributed by atoms with van der Waals surface area (Å²) in [5.41, 5.74) is 22.0. The van der Waals surface area contributed by atoms with Gasteiger partial charge in [-0.1, -0.05) is 283 Å². The molecule has 0 aliphatic carbocycles. The van der Waals surface area contributed by atoms with Crippen molar-refractivity contribution in [1.29, 1.82) is 0 Å². The van der Waals surface area contributed by atoms with Crippen LogP contribution in [0.2, 0.25) is 28.9 Å². The molecule has 0 saturated heterocycles. The Labute approximate surface area is 572 Å². The molecule has 1 heterocycles. The van der Waals surface area contributed by atoms with Crippen molar-refractivity contribution in [2.45, 2.75) is 450 Å². The number of aryl methyl sites for hydroxylation is 1. The Morgan fingerprint density at radius 2 is 0.578 bits per heavy atom. The van der Waals surface area contributed by atoms with E-state index in [4.69, 9.17) is 0 Å². The molecule has 524 valence electrons. The summed E-state index contributed by atoms with van der Waals surface area (Å²) in [5, 5.41) is 2.87. The molecule has 0 bridgehead atoms. The average Bonchev–Trinajstić information content (AvgIpc) is 2.05. The maximum atomic E-state index is 12.0. The quantitative estimate of drug-likeness (QED) is 0.0358. The zero-order chi connectivity index (χ0) is 64.9. The Kier molecular flexibility index (Phi) is 58.1. The van der Waals surface area contributed by atoms with Crippen molar-refractivity contribution < 1.29 is 19.1 Å². The Bertz CT molecular complexity index is 1910. The van der Waals surface area contributed by atoms with Crippen molar-refractivity contribution >= 4 is 19.5 Å². The van der Waals surface area contributed by atoms with Gasteiger partial charge < -0.3 is 5.53 Å². The van der Waals surface area contributed by atoms with Crippen LogP contribution < -0.4 is 0 Å². The van der Waals surface area contributed by atoms with E-state index < -0.39 is 8.07 Å². The molecule has 4 heteroatoms. The first kappa shape index (κ1) is 84.3. The summed E-state index contributed by atoms with van der Waals surface area (Å²) in [6.45, 7) is 18.7. The van der Waals surface area contributed by atoms with E-state index in [2.05, 4.69) is 118 Å². The van der Waals surface area contributed by atoms with Crippen LogP contribution >= 0.6 is 0 Å². The van der Waals surface area contributed by atoms with Gasteiger partial charge in [-0.15, -0.1) is 0 Å². The van der Waals surface area contributed by atoms with Gasteiger partial charge in [-0.2, -0.15) is 0 Å². The number of benzene rings is 2. The molecule has 2 aromatic carbocycles. The fourth-order valence-corrected chi connectivity index (χ4v) is 18.9. The number of allylic oxidation sites excluding steroid dienone is 2. The topological polar surface area (TPSA) is 25.3 Å². The van der Waals surface area contributed by atoms with E-state index in [9.17, 15) is 5.53 Å². The van der Waals surface area contributed by atoms with Crippen molar-refractivity contribution in [3.05, 3.63) is 87.5 Å². The van der Waals surface area contributed by atoms with E-state index in [1.54, 1.807) is 4.70 Å². The molecule has 0 unspecified atom stereocenters. The van der Waals surface area contributed by atoms with Gasteiger partial charge in [-0.25, -0.2) is 4.70 Å². The smallest absolute Gasteiger partial charge is 0.493 e. The zero-order valence-electron chi connectivity index (χ0n) is 62.2. The van der Waals surface area contributed by atoms with E-state index in [-0.39, 0.29) is 0 Å². The van der Waals surface area contributed by atoms with Crippen LogP contribution in [-0.4, -0.2) is 12.8 Å². The first-order chi connectivity index (χ1) is 44.4. The van der Waals surface area contributed by atoms with Crippen LogP contribution in [0.15, 0.2) is 59.7 Å². The summed E-state index contributed by atoms with van der Waals surface area (Å²) in [6, 6.07) is 23.7. The molecule has 0 aromatic heterocycles. The molecule has 0 amide bonds. The van der Waals surface area contributed by atoms with Gasteiger partial charge in [-0.3, -0.25) is 0 Å². The number of rotatable bonds is 65. The monoisotopic (exact) mass is 1300 g/mol. The fourth-order valence-electron chi connectivity index (χ4n) is 14.3. The minimum absolute atomic E-state index is 1.02. The average molecular weight is 1300 g/mol. The molecule has 0 fully saturated rings. The third-order valence-electron chi connectivity index (χ3n) is 20.9. The van der Waals surface area contributed by atoms with Crippen molar-refractivity contribution in [2.75, 3.05) is 0 Å². The van der Waals surface area contributed by atoms with E-state index in [1.807, 2.05) is 0 Å². The van der Waals surface area contributed by atoms with E-state index >= 15 is 0 Å². The summed E-state index contributed by atoms with van der Waals surface area (Å²) >= 11 is 2.05. The van der Waals surface area contributed by atoms with Gasteiger partial charge in [0.2, 0.25) is 11.4 Å². The predicted octanol–water partition coefficient (Wildman–Crippen LogP) is 31.4. The summed E-state index contributed by atoms with van der Waals surface area (Å²) in [4.78, 5) is 0. The van der Waals surface area contributed by atoms with Crippen LogP contribution in [0.4, 0.5) is 0 Å². The zero-order valence-corrected chi connectivity index (χ0v) is 64.2. The van der Waals surface area contributed by atoms with Crippen molar-refractivity contribution in [3.8, 4) is 0 Å². The Morgan fingerprint density at radius 1 is 0.289 bits per heavy atom. The third kappa shape index (κ3) is 42.6. The van der Waals surface area contributed by atoms with Crippen molar-refractivity contribution in [1.82, 2.24) is 0 Å². The SMILES string of the molecule is CCCCCCCCCCCCCCCCCCCCCC[CH2][Ni][CH2]CCCCCCCCCCCCCCCCCCCCCC.CCCCCCCCc1cccc(C2=C(CCCC)C(CCCCC)=C(c3ccc(C[Si](CC)(CC)CC)cc3)[N+]2=[N-])c1. The van der Waals surface area contributed by atoms with Crippen LogP contribution in [0, 0.1) is 0 Å². The van der Waals surface area contributed by atoms with Gasteiger partial charge in [0.05, 0.1) is 8.07 Å². The second-order valence-corrected chi connectivity index (χ2v) is 35.8. The maximum absolute atomic E-state index is 12.0. The molecule has 0 saturated carbocycles. The molecule has 0 N–H and O–H groups in total. The molecule has 0 atom stereocenters. The van der Waals surface area contributed by atoms with Crippen LogP contribution in [-0.2, 0) is 26.9 Å². The first-order valence-electron chi connectivity index (χ1n) is 41.0. The van der Waals surface area contributed by atoms with E-state index in [0.29, 0.717) is 0 Å². The summed E-state index contributed by atoms with van der Waals surface area (Å²) in [6.07, 6.45) is 79.2. The molecule has 0 spiro atoms. The number of hydrogen-bond acceptors (Lipinski definition) is 0. The first-order valence-corrected chi connectivity index (χ1v) is 45.2. The van der Waals surface area contributed by atoms with Gasteiger partial charge in [0.25, 0.3) is 0 Å². The Hall–Kier alpha value is -1.77. The molecule has 1 aliphatic heterocycles. The third-order valence-corrected chi connectivity index (χ3v) is 28.0. The van der Waals surface area contributed by atoms with Gasteiger partial charge in [0.15, 0.2) is 0 Å². The van der Waals surface area contributed by atoms with Crippen LogP contribution in [0.5, 0.6) is 0 Å². The van der Waals surface area contributed by atoms with Gasteiger partial charge >= 0.3 is 166 Å². The van der Waals surface area contributed by atoms with Gasteiger partial charge in [-0.05, 0) is 74.4 Å². The molecule has 2 aromatic rings.